The normalized spacial score (nSPS) is 15.6. The molecule has 4 rings (SSSR count). The molecule has 1 aliphatic heterocycles. The van der Waals surface area contributed by atoms with Crippen LogP contribution in [0.5, 0.6) is 11.5 Å². The van der Waals surface area contributed by atoms with E-state index in [1.807, 2.05) is 25.1 Å². The Balaban J connectivity index is 1.51. The first-order valence-corrected chi connectivity index (χ1v) is 11.6. The van der Waals surface area contributed by atoms with E-state index >= 15 is 0 Å². The van der Waals surface area contributed by atoms with Gasteiger partial charge < -0.3 is 15.2 Å². The summed E-state index contributed by atoms with van der Waals surface area (Å²) >= 11 is 1.22. The zero-order chi connectivity index (χ0) is 24.1. The van der Waals surface area contributed by atoms with Crippen LogP contribution in [-0.4, -0.2) is 44.3 Å². The van der Waals surface area contributed by atoms with Crippen LogP contribution in [0, 0.1) is 0 Å². The van der Waals surface area contributed by atoms with Crippen LogP contribution in [0.4, 0.5) is 10.5 Å². The van der Waals surface area contributed by atoms with E-state index in [0.29, 0.717) is 17.0 Å². The molecule has 1 unspecified atom stereocenters. The Morgan fingerprint density at radius 2 is 1.88 bits per heavy atom. The highest BCUT2D eigenvalue weighted by Crippen LogP contribution is 2.33. The van der Waals surface area contributed by atoms with Crippen molar-refractivity contribution in [3.05, 3.63) is 83.7 Å². The fraction of sp³-hybridized carbons (Fsp3) is 0.200. The Hall–Kier alpha value is -3.85. The van der Waals surface area contributed by atoms with Gasteiger partial charge in [-0.25, -0.2) is 5.01 Å². The van der Waals surface area contributed by atoms with Crippen LogP contribution in [0.1, 0.15) is 34.8 Å². The summed E-state index contributed by atoms with van der Waals surface area (Å²) in [4.78, 5) is 29.0. The van der Waals surface area contributed by atoms with Gasteiger partial charge in [-0.05, 0) is 54.4 Å². The zero-order valence-electron chi connectivity index (χ0n) is 18.8. The number of nitrogens with zero attached hydrogens (tertiary/aromatic N) is 3. The summed E-state index contributed by atoms with van der Waals surface area (Å²) < 4.78 is 5.13. The predicted molar refractivity (Wildman–Crippen MR) is 132 cm³/mol. The number of hydrogen-bond acceptors (Lipinski definition) is 7. The number of aromatic hydroxyl groups is 1. The highest BCUT2D eigenvalue weighted by atomic mass is 32.2. The average molecular weight is 477 g/mol. The number of anilines is 1. The van der Waals surface area contributed by atoms with E-state index in [9.17, 15) is 14.7 Å². The van der Waals surface area contributed by atoms with Crippen molar-refractivity contribution in [3.63, 3.8) is 0 Å². The SMILES string of the molecule is CCC1SC(=O)N(Cc2ccc(NC(=O)c3ccncc3)cc2)N=C1c1ccc(OC)c(O)c1. The average Bonchev–Trinajstić information content (AvgIpc) is 2.86. The van der Waals surface area contributed by atoms with Gasteiger partial charge in [0.1, 0.15) is 0 Å². The summed E-state index contributed by atoms with van der Waals surface area (Å²) in [5.41, 5.74) is 3.50. The van der Waals surface area contributed by atoms with Gasteiger partial charge in [-0.15, -0.1) is 0 Å². The number of carbonyl (C=O) groups is 2. The summed E-state index contributed by atoms with van der Waals surface area (Å²) in [7, 11) is 1.49. The number of phenolic OH excluding ortho intramolecular Hbond substituents is 1. The maximum absolute atomic E-state index is 12.7. The van der Waals surface area contributed by atoms with Gasteiger partial charge in [0, 0.05) is 29.2 Å². The number of phenols is 1. The molecule has 1 aliphatic rings. The molecule has 1 atom stereocenters. The van der Waals surface area contributed by atoms with E-state index in [1.54, 1.807) is 48.8 Å². The quantitative estimate of drug-likeness (QED) is 0.503. The van der Waals surface area contributed by atoms with Crippen LogP contribution in [0.15, 0.2) is 72.1 Å². The van der Waals surface area contributed by atoms with Gasteiger partial charge in [0.05, 0.1) is 24.6 Å². The van der Waals surface area contributed by atoms with Gasteiger partial charge in [-0.3, -0.25) is 14.6 Å². The van der Waals surface area contributed by atoms with Crippen molar-refractivity contribution in [2.45, 2.75) is 25.1 Å². The first-order valence-electron chi connectivity index (χ1n) is 10.7. The van der Waals surface area contributed by atoms with E-state index in [1.165, 1.54) is 23.9 Å². The standard InChI is InChI=1S/C25H24N4O4S/c1-3-22-23(18-6-9-21(33-2)20(30)14-18)28-29(25(32)34-22)15-16-4-7-19(8-5-16)27-24(31)17-10-12-26-13-11-17/h4-14,22,30H,3,15H2,1-2H3,(H,27,31). The lowest BCUT2D eigenvalue weighted by Crippen LogP contribution is -2.34. The lowest BCUT2D eigenvalue weighted by atomic mass is 10.0. The van der Waals surface area contributed by atoms with E-state index in [-0.39, 0.29) is 28.7 Å². The van der Waals surface area contributed by atoms with Crippen LogP contribution in [0.3, 0.4) is 0 Å². The van der Waals surface area contributed by atoms with Gasteiger partial charge >= 0.3 is 5.24 Å². The molecular formula is C25H24N4O4S. The summed E-state index contributed by atoms with van der Waals surface area (Å²) in [6.07, 6.45) is 3.86. The van der Waals surface area contributed by atoms with E-state index in [2.05, 4.69) is 15.4 Å². The van der Waals surface area contributed by atoms with Crippen molar-refractivity contribution >= 4 is 34.3 Å². The number of nitrogens with one attached hydrogen (secondary N) is 1. The number of thioether (sulfide) groups is 1. The lowest BCUT2D eigenvalue weighted by molar-refractivity contribution is 0.102. The van der Waals surface area contributed by atoms with Crippen molar-refractivity contribution in [1.82, 2.24) is 9.99 Å². The number of methoxy groups -OCH3 is 1. The highest BCUT2D eigenvalue weighted by Gasteiger charge is 2.30. The second-order valence-corrected chi connectivity index (χ2v) is 8.75. The third-order valence-electron chi connectivity index (χ3n) is 5.32. The van der Waals surface area contributed by atoms with E-state index < -0.39 is 0 Å². The largest absolute Gasteiger partial charge is 0.504 e. The summed E-state index contributed by atoms with van der Waals surface area (Å²) in [6, 6.07) is 15.7. The van der Waals surface area contributed by atoms with E-state index in [4.69, 9.17) is 4.74 Å². The van der Waals surface area contributed by atoms with Crippen LogP contribution in [0.2, 0.25) is 0 Å². The van der Waals surface area contributed by atoms with Gasteiger partial charge in [0.2, 0.25) is 0 Å². The lowest BCUT2D eigenvalue weighted by Gasteiger charge is -2.28. The molecule has 0 bridgehead atoms. The minimum absolute atomic E-state index is 0.0235. The maximum atomic E-state index is 12.7. The van der Waals surface area contributed by atoms with Crippen LogP contribution >= 0.6 is 11.8 Å². The van der Waals surface area contributed by atoms with E-state index in [0.717, 1.165) is 23.3 Å². The molecule has 34 heavy (non-hydrogen) atoms. The third-order valence-corrected chi connectivity index (χ3v) is 6.57. The molecule has 0 aliphatic carbocycles. The highest BCUT2D eigenvalue weighted by molar-refractivity contribution is 8.14. The summed E-state index contributed by atoms with van der Waals surface area (Å²) in [5, 5.41) is 18.9. The minimum Gasteiger partial charge on any atom is -0.504 e. The number of aromatic nitrogens is 1. The fourth-order valence-corrected chi connectivity index (χ4v) is 4.45. The van der Waals surface area contributed by atoms with Crippen LogP contribution in [-0.2, 0) is 6.54 Å². The molecule has 2 aromatic carbocycles. The third kappa shape index (κ3) is 5.20. The smallest absolute Gasteiger partial charge is 0.302 e. The Morgan fingerprint density at radius 3 is 2.53 bits per heavy atom. The number of rotatable bonds is 7. The number of hydrogen-bond donors (Lipinski definition) is 2. The molecule has 0 radical (unpaired) electrons. The maximum Gasteiger partial charge on any atom is 0.302 e. The molecule has 8 nitrogen and oxygen atoms in total. The Bertz CT molecular complexity index is 1220. The Kier molecular flexibility index (Phi) is 7.12. The predicted octanol–water partition coefficient (Wildman–Crippen LogP) is 4.90. The first-order chi connectivity index (χ1) is 16.5. The monoisotopic (exact) mass is 476 g/mol. The molecule has 3 aromatic rings. The number of hydrazone groups is 1. The fourth-order valence-electron chi connectivity index (χ4n) is 3.52. The number of benzene rings is 2. The molecule has 2 N–H and O–H groups in total. The van der Waals surface area contributed by atoms with Crippen molar-refractivity contribution in [2.24, 2.45) is 5.10 Å². The molecule has 9 heteroatoms. The second kappa shape index (κ2) is 10.4. The zero-order valence-corrected chi connectivity index (χ0v) is 19.6. The number of amides is 2. The molecule has 0 spiro atoms. The van der Waals surface area contributed by atoms with Gasteiger partial charge in [0.15, 0.2) is 11.5 Å². The van der Waals surface area contributed by atoms with Gasteiger partial charge in [0.25, 0.3) is 5.91 Å². The van der Waals surface area contributed by atoms with Crippen molar-refractivity contribution in [2.75, 3.05) is 12.4 Å². The molecule has 0 saturated carbocycles. The number of carbonyl (C=O) groups excluding carboxylic acids is 2. The molecule has 0 fully saturated rings. The molecule has 1 aromatic heterocycles. The first kappa shape index (κ1) is 23.3. The van der Waals surface area contributed by atoms with Crippen molar-refractivity contribution < 1.29 is 19.4 Å². The number of pyridine rings is 1. The summed E-state index contributed by atoms with van der Waals surface area (Å²) in [5.74, 6) is 0.181. The summed E-state index contributed by atoms with van der Waals surface area (Å²) in [6.45, 7) is 2.28. The second-order valence-electron chi connectivity index (χ2n) is 7.60. The molecule has 0 saturated heterocycles. The van der Waals surface area contributed by atoms with Crippen molar-refractivity contribution in [3.8, 4) is 11.5 Å². The van der Waals surface area contributed by atoms with Gasteiger partial charge in [-0.1, -0.05) is 30.8 Å². The molecule has 2 heterocycles. The Morgan fingerprint density at radius 1 is 1.15 bits per heavy atom. The molecule has 174 valence electrons. The van der Waals surface area contributed by atoms with Crippen molar-refractivity contribution in [1.29, 1.82) is 0 Å². The Labute approximate surface area is 201 Å². The van der Waals surface area contributed by atoms with Gasteiger partial charge in [-0.2, -0.15) is 5.10 Å². The topological polar surface area (TPSA) is 104 Å². The number of ether oxygens (including phenoxy) is 1. The molecule has 2 amide bonds. The van der Waals surface area contributed by atoms with Crippen LogP contribution < -0.4 is 10.1 Å². The van der Waals surface area contributed by atoms with Crippen LogP contribution in [0.25, 0.3) is 0 Å². The minimum atomic E-state index is -0.222. The molecular weight excluding hydrogens is 452 g/mol.